The highest BCUT2D eigenvalue weighted by atomic mass is 16.2. The molecule has 1 aromatic carbocycles. The maximum absolute atomic E-state index is 12.6. The molecule has 1 N–H and O–H groups in total. The Hall–Kier alpha value is -2.08. The quantitative estimate of drug-likeness (QED) is 0.802. The SMILES string of the molecule is CNC(=O)[C@H]1CN(C(=O)CCCN(C)c2ccccc2)CCN1C(C)C. The van der Waals surface area contributed by atoms with Crippen LogP contribution in [0.2, 0.25) is 0 Å². The third kappa shape index (κ3) is 5.21. The van der Waals surface area contributed by atoms with E-state index in [0.717, 1.165) is 25.2 Å². The first-order valence-corrected chi connectivity index (χ1v) is 9.45. The van der Waals surface area contributed by atoms with Crippen molar-refractivity contribution in [2.75, 3.05) is 45.2 Å². The number of benzene rings is 1. The number of hydrogen-bond acceptors (Lipinski definition) is 4. The number of anilines is 1. The monoisotopic (exact) mass is 360 g/mol. The normalized spacial score (nSPS) is 18.0. The first-order valence-electron chi connectivity index (χ1n) is 9.45. The van der Waals surface area contributed by atoms with Gasteiger partial charge in [0.2, 0.25) is 11.8 Å². The van der Waals surface area contributed by atoms with E-state index in [1.54, 1.807) is 7.05 Å². The topological polar surface area (TPSA) is 55.9 Å². The van der Waals surface area contributed by atoms with Crippen molar-refractivity contribution < 1.29 is 9.59 Å². The van der Waals surface area contributed by atoms with Gasteiger partial charge in [-0.1, -0.05) is 18.2 Å². The maximum Gasteiger partial charge on any atom is 0.238 e. The van der Waals surface area contributed by atoms with Crippen LogP contribution in [0.5, 0.6) is 0 Å². The second-order valence-electron chi connectivity index (χ2n) is 7.16. The number of amides is 2. The number of nitrogens with one attached hydrogen (secondary N) is 1. The van der Waals surface area contributed by atoms with E-state index in [9.17, 15) is 9.59 Å². The average Bonchev–Trinajstić information content (AvgIpc) is 2.67. The minimum atomic E-state index is -0.260. The second-order valence-corrected chi connectivity index (χ2v) is 7.16. The van der Waals surface area contributed by atoms with Crippen LogP contribution in [-0.2, 0) is 9.59 Å². The van der Waals surface area contributed by atoms with E-state index in [1.807, 2.05) is 30.1 Å². The lowest BCUT2D eigenvalue weighted by atomic mass is 10.1. The van der Waals surface area contributed by atoms with E-state index in [-0.39, 0.29) is 23.9 Å². The molecule has 1 saturated heterocycles. The molecule has 1 aliphatic heterocycles. The van der Waals surface area contributed by atoms with Crippen LogP contribution in [0.4, 0.5) is 5.69 Å². The predicted octanol–water partition coefficient (Wildman–Crippen LogP) is 1.57. The summed E-state index contributed by atoms with van der Waals surface area (Å²) >= 11 is 0. The number of nitrogens with zero attached hydrogens (tertiary/aromatic N) is 3. The van der Waals surface area contributed by atoms with Gasteiger partial charge in [-0.15, -0.1) is 0 Å². The Morgan fingerprint density at radius 3 is 2.54 bits per heavy atom. The number of likely N-dealkylation sites (N-methyl/N-ethyl adjacent to an activating group) is 1. The van der Waals surface area contributed by atoms with Gasteiger partial charge >= 0.3 is 0 Å². The standard InChI is InChI=1S/C20H32N4O2/c1-16(2)24-14-13-23(15-18(24)20(26)21-3)19(25)11-8-12-22(4)17-9-6-5-7-10-17/h5-7,9-10,16,18H,8,11-15H2,1-4H3,(H,21,26)/t18-/m1/s1. The third-order valence-corrected chi connectivity index (χ3v) is 5.07. The van der Waals surface area contributed by atoms with Gasteiger partial charge in [0, 0.05) is 58.4 Å². The molecule has 1 aliphatic rings. The number of piperazine rings is 1. The van der Waals surface area contributed by atoms with Crippen LogP contribution < -0.4 is 10.2 Å². The third-order valence-electron chi connectivity index (χ3n) is 5.07. The predicted molar refractivity (Wildman–Crippen MR) is 105 cm³/mol. The van der Waals surface area contributed by atoms with Crippen molar-refractivity contribution in [3.63, 3.8) is 0 Å². The summed E-state index contributed by atoms with van der Waals surface area (Å²) in [5.74, 6) is 0.129. The van der Waals surface area contributed by atoms with Crippen LogP contribution in [-0.4, -0.2) is 74.0 Å². The van der Waals surface area contributed by atoms with Gasteiger partial charge in [0.05, 0.1) is 0 Å². The molecule has 1 fully saturated rings. The van der Waals surface area contributed by atoms with Crippen LogP contribution >= 0.6 is 0 Å². The molecule has 0 unspecified atom stereocenters. The van der Waals surface area contributed by atoms with Crippen LogP contribution in [0.15, 0.2) is 30.3 Å². The number of carbonyl (C=O) groups is 2. The van der Waals surface area contributed by atoms with Gasteiger partial charge in [-0.05, 0) is 32.4 Å². The summed E-state index contributed by atoms with van der Waals surface area (Å²) in [5, 5.41) is 2.73. The van der Waals surface area contributed by atoms with Crippen LogP contribution in [0.1, 0.15) is 26.7 Å². The Balaban J connectivity index is 1.84. The molecular formula is C20H32N4O2. The summed E-state index contributed by atoms with van der Waals surface area (Å²) in [4.78, 5) is 31.0. The summed E-state index contributed by atoms with van der Waals surface area (Å²) < 4.78 is 0. The molecule has 2 rings (SSSR count). The van der Waals surface area contributed by atoms with Crippen LogP contribution in [0.25, 0.3) is 0 Å². The highest BCUT2D eigenvalue weighted by Gasteiger charge is 2.34. The summed E-state index contributed by atoms with van der Waals surface area (Å²) in [5.41, 5.74) is 1.16. The van der Waals surface area contributed by atoms with Crippen molar-refractivity contribution in [2.24, 2.45) is 0 Å². The van der Waals surface area contributed by atoms with Gasteiger partial charge in [-0.3, -0.25) is 14.5 Å². The summed E-state index contributed by atoms with van der Waals surface area (Å²) in [6.45, 7) is 6.93. The zero-order chi connectivity index (χ0) is 19.1. The first-order chi connectivity index (χ1) is 12.4. The fourth-order valence-corrected chi connectivity index (χ4v) is 3.48. The highest BCUT2D eigenvalue weighted by Crippen LogP contribution is 2.16. The Bertz CT molecular complexity index is 591. The molecule has 0 radical (unpaired) electrons. The van der Waals surface area contributed by atoms with E-state index in [0.29, 0.717) is 19.5 Å². The first kappa shape index (κ1) is 20.2. The van der Waals surface area contributed by atoms with Gasteiger partial charge in [-0.25, -0.2) is 0 Å². The molecule has 6 heteroatoms. The lowest BCUT2D eigenvalue weighted by Crippen LogP contribution is -2.61. The molecule has 1 atom stereocenters. The Labute approximate surface area is 157 Å². The molecule has 1 heterocycles. The fourth-order valence-electron chi connectivity index (χ4n) is 3.48. The van der Waals surface area contributed by atoms with Gasteiger partial charge < -0.3 is 15.1 Å². The van der Waals surface area contributed by atoms with Crippen molar-refractivity contribution >= 4 is 17.5 Å². The molecule has 6 nitrogen and oxygen atoms in total. The zero-order valence-electron chi connectivity index (χ0n) is 16.4. The smallest absolute Gasteiger partial charge is 0.238 e. The van der Waals surface area contributed by atoms with E-state index < -0.39 is 0 Å². The molecule has 144 valence electrons. The number of carbonyl (C=O) groups excluding carboxylic acids is 2. The van der Waals surface area contributed by atoms with E-state index in [2.05, 4.69) is 41.1 Å². The Morgan fingerprint density at radius 2 is 1.92 bits per heavy atom. The minimum absolute atomic E-state index is 0.0139. The molecule has 2 amide bonds. The van der Waals surface area contributed by atoms with Gasteiger partial charge in [0.1, 0.15) is 6.04 Å². The molecule has 26 heavy (non-hydrogen) atoms. The number of para-hydroxylation sites is 1. The van der Waals surface area contributed by atoms with Crippen molar-refractivity contribution in [1.29, 1.82) is 0 Å². The van der Waals surface area contributed by atoms with Crippen LogP contribution in [0, 0.1) is 0 Å². The molecule has 0 bridgehead atoms. The lowest BCUT2D eigenvalue weighted by Gasteiger charge is -2.42. The summed E-state index contributed by atoms with van der Waals surface area (Å²) in [6, 6.07) is 10.2. The molecular weight excluding hydrogens is 328 g/mol. The van der Waals surface area contributed by atoms with Crippen molar-refractivity contribution in [3.8, 4) is 0 Å². The maximum atomic E-state index is 12.6. The van der Waals surface area contributed by atoms with Crippen molar-refractivity contribution in [3.05, 3.63) is 30.3 Å². The summed E-state index contributed by atoms with van der Waals surface area (Å²) in [7, 11) is 3.70. The molecule has 0 spiro atoms. The Morgan fingerprint density at radius 1 is 1.23 bits per heavy atom. The summed E-state index contributed by atoms with van der Waals surface area (Å²) in [6.07, 6.45) is 1.32. The molecule has 0 aliphatic carbocycles. The van der Waals surface area contributed by atoms with E-state index in [4.69, 9.17) is 0 Å². The fraction of sp³-hybridized carbons (Fsp3) is 0.600. The minimum Gasteiger partial charge on any atom is -0.375 e. The van der Waals surface area contributed by atoms with E-state index >= 15 is 0 Å². The Kier molecular flexibility index (Phi) is 7.45. The number of rotatable bonds is 7. The van der Waals surface area contributed by atoms with E-state index in [1.165, 1.54) is 0 Å². The van der Waals surface area contributed by atoms with Crippen molar-refractivity contribution in [1.82, 2.24) is 15.1 Å². The van der Waals surface area contributed by atoms with Gasteiger partial charge in [0.15, 0.2) is 0 Å². The van der Waals surface area contributed by atoms with Crippen LogP contribution in [0.3, 0.4) is 0 Å². The molecule has 0 aromatic heterocycles. The molecule has 1 aromatic rings. The van der Waals surface area contributed by atoms with Crippen molar-refractivity contribution in [2.45, 2.75) is 38.8 Å². The van der Waals surface area contributed by atoms with Gasteiger partial charge in [-0.2, -0.15) is 0 Å². The molecule has 0 saturated carbocycles. The average molecular weight is 361 g/mol. The largest absolute Gasteiger partial charge is 0.375 e. The zero-order valence-corrected chi connectivity index (χ0v) is 16.4. The van der Waals surface area contributed by atoms with Gasteiger partial charge in [0.25, 0.3) is 0 Å². The highest BCUT2D eigenvalue weighted by molar-refractivity contribution is 5.83. The number of hydrogen-bond donors (Lipinski definition) is 1. The second kappa shape index (κ2) is 9.57. The lowest BCUT2D eigenvalue weighted by molar-refractivity contribution is -0.139.